The summed E-state index contributed by atoms with van der Waals surface area (Å²) in [5.41, 5.74) is 2.35. The van der Waals surface area contributed by atoms with Crippen molar-refractivity contribution in [3.8, 4) is 22.9 Å². The van der Waals surface area contributed by atoms with E-state index >= 15 is 0 Å². The van der Waals surface area contributed by atoms with Crippen molar-refractivity contribution in [2.75, 3.05) is 27.5 Å². The standard InChI is InChI=1S/C19H18FN5O3/c1-24-8-7-11-9-14-17(28-10-27-14)18(26-2)15(11)16(24)19-21-22-23-25(19)13-6-4-3-5-12(13)20/h3-6,9,16H,7-8,10H2,1-2H3/p+1/t16-/m0/s1. The molecule has 2 aliphatic rings. The van der Waals surface area contributed by atoms with Crippen molar-refractivity contribution >= 4 is 0 Å². The lowest BCUT2D eigenvalue weighted by Gasteiger charge is -2.32. The molecule has 3 aromatic rings. The fourth-order valence-electron chi connectivity index (χ4n) is 4.04. The molecule has 2 aliphatic heterocycles. The SMILES string of the molecule is COc1c2c(cc3c1[C@@H](c1nnnn1-c1ccccc1F)[NH+](C)CC3)OCO2. The van der Waals surface area contributed by atoms with Crippen molar-refractivity contribution in [2.45, 2.75) is 12.5 Å². The van der Waals surface area contributed by atoms with Crippen molar-refractivity contribution < 1.29 is 23.5 Å². The molecule has 0 saturated carbocycles. The number of aromatic nitrogens is 4. The Balaban J connectivity index is 1.72. The first-order valence-electron chi connectivity index (χ1n) is 9.04. The van der Waals surface area contributed by atoms with Crippen LogP contribution in [0.25, 0.3) is 5.69 Å². The molecule has 0 saturated heterocycles. The first-order valence-corrected chi connectivity index (χ1v) is 9.04. The number of quaternary nitrogens is 1. The topological polar surface area (TPSA) is 75.7 Å². The van der Waals surface area contributed by atoms with Crippen LogP contribution in [0.1, 0.15) is 23.0 Å². The molecule has 0 amide bonds. The lowest BCUT2D eigenvalue weighted by atomic mass is 9.90. The molecule has 5 rings (SSSR count). The number of likely N-dealkylation sites (N-methyl/N-ethyl adjacent to an activating group) is 1. The molecule has 3 heterocycles. The van der Waals surface area contributed by atoms with Crippen LogP contribution in [0.15, 0.2) is 30.3 Å². The molecule has 1 unspecified atom stereocenters. The molecule has 0 aliphatic carbocycles. The van der Waals surface area contributed by atoms with Crippen molar-refractivity contribution in [1.29, 1.82) is 0 Å². The zero-order chi connectivity index (χ0) is 19.3. The van der Waals surface area contributed by atoms with Crippen LogP contribution in [0.4, 0.5) is 4.39 Å². The van der Waals surface area contributed by atoms with E-state index in [4.69, 9.17) is 14.2 Å². The van der Waals surface area contributed by atoms with Crippen molar-refractivity contribution in [3.05, 3.63) is 53.1 Å². The fourth-order valence-corrected chi connectivity index (χ4v) is 4.04. The van der Waals surface area contributed by atoms with Gasteiger partial charge >= 0.3 is 0 Å². The molecule has 0 spiro atoms. The number of fused-ring (bicyclic) bond motifs is 2. The van der Waals surface area contributed by atoms with Gasteiger partial charge in [0, 0.05) is 6.42 Å². The zero-order valence-electron chi connectivity index (χ0n) is 15.5. The molecule has 9 heteroatoms. The van der Waals surface area contributed by atoms with E-state index in [0.29, 0.717) is 28.8 Å². The smallest absolute Gasteiger partial charge is 0.231 e. The van der Waals surface area contributed by atoms with Crippen LogP contribution >= 0.6 is 0 Å². The molecule has 1 aromatic heterocycles. The second-order valence-corrected chi connectivity index (χ2v) is 6.90. The summed E-state index contributed by atoms with van der Waals surface area (Å²) in [5.74, 6) is 2.05. The normalized spacial score (nSPS) is 20.1. The minimum atomic E-state index is -0.387. The number of hydrogen-bond donors (Lipinski definition) is 1. The van der Waals surface area contributed by atoms with Crippen LogP contribution in [0, 0.1) is 5.82 Å². The van der Waals surface area contributed by atoms with E-state index in [1.165, 1.54) is 15.6 Å². The predicted octanol–water partition coefficient (Wildman–Crippen LogP) is 0.699. The van der Waals surface area contributed by atoms with Gasteiger partial charge in [0.25, 0.3) is 0 Å². The summed E-state index contributed by atoms with van der Waals surface area (Å²) in [6.45, 7) is 1.03. The Morgan fingerprint density at radius 1 is 1.29 bits per heavy atom. The largest absolute Gasteiger partial charge is 0.492 e. The molecule has 8 nitrogen and oxygen atoms in total. The summed E-state index contributed by atoms with van der Waals surface area (Å²) in [6.07, 6.45) is 0.853. The minimum Gasteiger partial charge on any atom is -0.492 e. The Bertz CT molecular complexity index is 1050. The lowest BCUT2D eigenvalue weighted by molar-refractivity contribution is -0.909. The van der Waals surface area contributed by atoms with E-state index in [0.717, 1.165) is 24.1 Å². The average Bonchev–Trinajstić information content (AvgIpc) is 3.36. The number of hydrogen-bond acceptors (Lipinski definition) is 6. The van der Waals surface area contributed by atoms with Gasteiger partial charge in [0.05, 0.1) is 26.3 Å². The van der Waals surface area contributed by atoms with Crippen LogP contribution in [-0.2, 0) is 6.42 Å². The maximum absolute atomic E-state index is 14.4. The van der Waals surface area contributed by atoms with Gasteiger partial charge in [0.2, 0.25) is 18.4 Å². The quantitative estimate of drug-likeness (QED) is 0.717. The molecule has 0 bridgehead atoms. The average molecular weight is 384 g/mol. The summed E-state index contributed by atoms with van der Waals surface area (Å²) in [7, 11) is 3.68. The number of benzene rings is 2. The Kier molecular flexibility index (Phi) is 3.90. The molecule has 2 atom stereocenters. The van der Waals surface area contributed by atoms with E-state index in [-0.39, 0.29) is 18.7 Å². The van der Waals surface area contributed by atoms with Gasteiger partial charge in [-0.05, 0) is 34.2 Å². The van der Waals surface area contributed by atoms with Crippen LogP contribution in [-0.4, -0.2) is 47.7 Å². The van der Waals surface area contributed by atoms with Gasteiger partial charge in [-0.3, -0.25) is 0 Å². The highest BCUT2D eigenvalue weighted by molar-refractivity contribution is 5.62. The van der Waals surface area contributed by atoms with Crippen molar-refractivity contribution in [2.24, 2.45) is 0 Å². The molecular formula is C19H19FN5O3+. The van der Waals surface area contributed by atoms with Gasteiger partial charge in [-0.1, -0.05) is 12.1 Å². The zero-order valence-corrected chi connectivity index (χ0v) is 15.5. The van der Waals surface area contributed by atoms with Gasteiger partial charge in [0.1, 0.15) is 11.5 Å². The summed E-state index contributed by atoms with van der Waals surface area (Å²) >= 11 is 0. The molecule has 28 heavy (non-hydrogen) atoms. The third-order valence-electron chi connectivity index (χ3n) is 5.35. The van der Waals surface area contributed by atoms with E-state index in [1.54, 1.807) is 25.3 Å². The van der Waals surface area contributed by atoms with Gasteiger partial charge in [-0.25, -0.2) is 4.39 Å². The van der Waals surface area contributed by atoms with E-state index in [2.05, 4.69) is 22.6 Å². The van der Waals surface area contributed by atoms with Crippen LogP contribution < -0.4 is 19.1 Å². The summed E-state index contributed by atoms with van der Waals surface area (Å²) in [5, 5.41) is 12.2. The van der Waals surface area contributed by atoms with E-state index < -0.39 is 0 Å². The third-order valence-corrected chi connectivity index (χ3v) is 5.35. The van der Waals surface area contributed by atoms with E-state index in [1.807, 2.05) is 6.07 Å². The molecule has 0 fully saturated rings. The molecule has 1 N–H and O–H groups in total. The molecule has 2 aromatic carbocycles. The monoisotopic (exact) mass is 384 g/mol. The third kappa shape index (κ3) is 2.43. The highest BCUT2D eigenvalue weighted by Crippen LogP contribution is 2.48. The highest BCUT2D eigenvalue weighted by atomic mass is 19.1. The number of halogens is 1. The number of tetrazole rings is 1. The van der Waals surface area contributed by atoms with Crippen molar-refractivity contribution in [3.63, 3.8) is 0 Å². The number of nitrogens with one attached hydrogen (secondary N) is 1. The number of para-hydroxylation sites is 1. The second-order valence-electron chi connectivity index (χ2n) is 6.90. The van der Waals surface area contributed by atoms with Crippen LogP contribution in [0.2, 0.25) is 0 Å². The van der Waals surface area contributed by atoms with Gasteiger partial charge < -0.3 is 19.1 Å². The molecular weight excluding hydrogens is 365 g/mol. The number of nitrogens with zero attached hydrogens (tertiary/aromatic N) is 4. The fraction of sp³-hybridized carbons (Fsp3) is 0.316. The van der Waals surface area contributed by atoms with Crippen LogP contribution in [0.3, 0.4) is 0 Å². The predicted molar refractivity (Wildman–Crippen MR) is 95.5 cm³/mol. The maximum atomic E-state index is 14.4. The van der Waals surface area contributed by atoms with E-state index in [9.17, 15) is 4.39 Å². The van der Waals surface area contributed by atoms with Gasteiger partial charge in [0.15, 0.2) is 17.5 Å². The van der Waals surface area contributed by atoms with Crippen LogP contribution in [0.5, 0.6) is 17.2 Å². The highest BCUT2D eigenvalue weighted by Gasteiger charge is 2.40. The molecule has 144 valence electrons. The Morgan fingerprint density at radius 3 is 2.96 bits per heavy atom. The van der Waals surface area contributed by atoms with Gasteiger partial charge in [-0.2, -0.15) is 4.68 Å². The summed E-state index contributed by atoms with van der Waals surface area (Å²) < 4.78 is 32.8. The second kappa shape index (κ2) is 6.45. The summed E-state index contributed by atoms with van der Waals surface area (Å²) in [6, 6.07) is 8.20. The maximum Gasteiger partial charge on any atom is 0.231 e. The first-order chi connectivity index (χ1) is 13.7. The van der Waals surface area contributed by atoms with Crippen molar-refractivity contribution in [1.82, 2.24) is 20.2 Å². The first kappa shape index (κ1) is 16.9. The Labute approximate surface area is 160 Å². The summed E-state index contributed by atoms with van der Waals surface area (Å²) in [4.78, 5) is 1.18. The number of methoxy groups -OCH3 is 1. The lowest BCUT2D eigenvalue weighted by Crippen LogP contribution is -3.10. The van der Waals surface area contributed by atoms with Gasteiger partial charge in [-0.15, -0.1) is 5.10 Å². The number of rotatable bonds is 3. The minimum absolute atomic E-state index is 0.162. The Hall–Kier alpha value is -3.20. The Morgan fingerprint density at radius 2 is 2.14 bits per heavy atom. The number of ether oxygens (including phenoxy) is 3. The molecule has 0 radical (unpaired) electrons.